The van der Waals surface area contributed by atoms with Crippen molar-refractivity contribution in [2.75, 3.05) is 13.2 Å². The Morgan fingerprint density at radius 3 is 1.58 bits per heavy atom. The van der Waals surface area contributed by atoms with Crippen LogP contribution in [0.5, 0.6) is 11.5 Å². The van der Waals surface area contributed by atoms with Crippen LogP contribution in [0, 0.1) is 0 Å². The standard InChI is InChI=1S/C59H58O8/c1-2-32-62-53-36-54(63-38-44-20-10-4-11-21-44)52(35-51(53)34-48-28-29-49-30-31-50(49)33-48)59(60)58(66-41-47-26-16-7-17-27-47)57(65-40-46-24-14-6-15-25-46)56(64-39-45-22-12-5-13-23-45)55(67-59)42-61-37-43-18-8-3-9-19-43/h2-29,33,35-36,55-58,60H,1,30-32,34,37-42H2/t55-,56-,57+,58-,59?/m1/s1. The molecule has 0 spiro atoms. The maximum absolute atomic E-state index is 14.0. The van der Waals surface area contributed by atoms with Crippen molar-refractivity contribution in [1.82, 2.24) is 0 Å². The molecule has 0 aromatic heterocycles. The first-order valence-electron chi connectivity index (χ1n) is 23.2. The molecule has 67 heavy (non-hydrogen) atoms. The van der Waals surface area contributed by atoms with Gasteiger partial charge >= 0.3 is 0 Å². The number of fused-ring (bicyclic) bond motifs is 1. The summed E-state index contributed by atoms with van der Waals surface area (Å²) in [6.07, 6.45) is 0.713. The normalized spacial score (nSPS) is 19.8. The SMILES string of the molecule is C=CCOc1cc(OCc2ccccc2)c(C2(O)O[C@H](COCc3ccccc3)[C@@H](OCc3ccccc3)[C@H](OCc3ccccc3)[C@H]2OCc2ccccc2)cc1Cc1ccc2c(c1)CC2. The molecule has 0 radical (unpaired) electrons. The molecular formula is C59H58O8. The Morgan fingerprint density at radius 2 is 1.04 bits per heavy atom. The van der Waals surface area contributed by atoms with Crippen LogP contribution in [0.15, 0.2) is 195 Å². The van der Waals surface area contributed by atoms with Gasteiger partial charge in [0.25, 0.3) is 0 Å². The molecule has 1 fully saturated rings. The van der Waals surface area contributed by atoms with Crippen LogP contribution in [0.3, 0.4) is 0 Å². The molecule has 7 aromatic rings. The maximum atomic E-state index is 14.0. The predicted octanol–water partition coefficient (Wildman–Crippen LogP) is 11.0. The minimum absolute atomic E-state index is 0.0655. The summed E-state index contributed by atoms with van der Waals surface area (Å²) in [5.41, 5.74) is 9.87. The Morgan fingerprint density at radius 1 is 0.522 bits per heavy atom. The largest absolute Gasteiger partial charge is 0.489 e. The molecule has 8 nitrogen and oxygen atoms in total. The molecule has 8 heteroatoms. The zero-order chi connectivity index (χ0) is 45.7. The van der Waals surface area contributed by atoms with Gasteiger partial charge in [0, 0.05) is 12.5 Å². The first-order chi connectivity index (χ1) is 33.0. The lowest BCUT2D eigenvalue weighted by atomic mass is 9.84. The lowest BCUT2D eigenvalue weighted by Crippen LogP contribution is -2.65. The van der Waals surface area contributed by atoms with E-state index in [0.717, 1.165) is 51.8 Å². The van der Waals surface area contributed by atoms with E-state index in [9.17, 15) is 5.11 Å². The van der Waals surface area contributed by atoms with Gasteiger partial charge in [-0.2, -0.15) is 0 Å². The topological polar surface area (TPSA) is 84.8 Å². The molecule has 1 heterocycles. The van der Waals surface area contributed by atoms with Crippen LogP contribution in [0.4, 0.5) is 0 Å². The fourth-order valence-corrected chi connectivity index (χ4v) is 8.81. The van der Waals surface area contributed by atoms with Gasteiger partial charge in [0.15, 0.2) is 0 Å². The van der Waals surface area contributed by atoms with Gasteiger partial charge in [-0.15, -0.1) is 0 Å². The van der Waals surface area contributed by atoms with Crippen molar-refractivity contribution in [3.05, 3.63) is 250 Å². The van der Waals surface area contributed by atoms with E-state index in [-0.39, 0.29) is 39.6 Å². The van der Waals surface area contributed by atoms with Crippen LogP contribution >= 0.6 is 0 Å². The van der Waals surface area contributed by atoms with Crippen molar-refractivity contribution in [3.63, 3.8) is 0 Å². The van der Waals surface area contributed by atoms with Crippen molar-refractivity contribution in [3.8, 4) is 11.5 Å². The van der Waals surface area contributed by atoms with E-state index < -0.39 is 30.2 Å². The van der Waals surface area contributed by atoms with E-state index in [0.29, 0.717) is 30.1 Å². The minimum atomic E-state index is -2.19. The molecule has 9 rings (SSSR count). The number of ether oxygens (including phenoxy) is 7. The molecule has 7 aromatic carbocycles. The van der Waals surface area contributed by atoms with Crippen molar-refractivity contribution in [2.45, 2.75) is 82.5 Å². The highest BCUT2D eigenvalue weighted by Crippen LogP contribution is 2.47. The number of aryl methyl sites for hydroxylation is 2. The average Bonchev–Trinajstić information content (AvgIpc) is 3.36. The Balaban J connectivity index is 1.19. The van der Waals surface area contributed by atoms with Crippen LogP contribution in [0.25, 0.3) is 0 Å². The monoisotopic (exact) mass is 894 g/mol. The zero-order valence-corrected chi connectivity index (χ0v) is 37.8. The summed E-state index contributed by atoms with van der Waals surface area (Å²) in [7, 11) is 0. The molecule has 2 aliphatic rings. The van der Waals surface area contributed by atoms with Crippen LogP contribution < -0.4 is 9.47 Å². The maximum Gasteiger partial charge on any atom is 0.226 e. The Labute approximate surface area is 394 Å². The summed E-state index contributed by atoms with van der Waals surface area (Å²) in [4.78, 5) is 0. The lowest BCUT2D eigenvalue weighted by Gasteiger charge is -2.50. The molecule has 0 saturated carbocycles. The quantitative estimate of drug-likeness (QED) is 0.0674. The van der Waals surface area contributed by atoms with Crippen LogP contribution in [0.1, 0.15) is 55.6 Å². The summed E-state index contributed by atoms with van der Waals surface area (Å²) < 4.78 is 48.0. The average molecular weight is 895 g/mol. The molecule has 1 N–H and O–H groups in total. The predicted molar refractivity (Wildman–Crippen MR) is 259 cm³/mol. The Bertz CT molecular complexity index is 2630. The second kappa shape index (κ2) is 22.4. The fourth-order valence-electron chi connectivity index (χ4n) is 8.81. The van der Waals surface area contributed by atoms with E-state index >= 15 is 0 Å². The number of rotatable bonds is 22. The molecule has 342 valence electrons. The van der Waals surface area contributed by atoms with Gasteiger partial charge in [-0.1, -0.05) is 183 Å². The van der Waals surface area contributed by atoms with E-state index in [2.05, 4.69) is 24.8 Å². The van der Waals surface area contributed by atoms with Crippen LogP contribution in [-0.4, -0.2) is 42.7 Å². The van der Waals surface area contributed by atoms with E-state index in [1.165, 1.54) is 11.1 Å². The third kappa shape index (κ3) is 11.6. The van der Waals surface area contributed by atoms with Gasteiger partial charge in [0.1, 0.15) is 49.1 Å². The van der Waals surface area contributed by atoms with Gasteiger partial charge in [-0.25, -0.2) is 0 Å². The first-order valence-corrected chi connectivity index (χ1v) is 23.2. The molecule has 0 amide bonds. The number of aliphatic hydroxyl groups is 1. The van der Waals surface area contributed by atoms with Crippen molar-refractivity contribution in [1.29, 1.82) is 0 Å². The minimum Gasteiger partial charge on any atom is -0.489 e. The van der Waals surface area contributed by atoms with E-state index in [1.807, 2.05) is 164 Å². The van der Waals surface area contributed by atoms with Crippen LogP contribution in [-0.2, 0) is 81.8 Å². The summed E-state index contributed by atoms with van der Waals surface area (Å²) in [6, 6.07) is 60.3. The third-order valence-corrected chi connectivity index (χ3v) is 12.4. The Kier molecular flexibility index (Phi) is 15.3. The van der Waals surface area contributed by atoms with Gasteiger partial charge in [0.2, 0.25) is 5.79 Å². The second-order valence-corrected chi connectivity index (χ2v) is 17.2. The molecule has 1 aliphatic heterocycles. The number of benzene rings is 7. The number of hydrogen-bond donors (Lipinski definition) is 1. The van der Waals surface area contributed by atoms with E-state index in [4.69, 9.17) is 33.2 Å². The molecule has 1 aliphatic carbocycles. The van der Waals surface area contributed by atoms with Gasteiger partial charge < -0.3 is 38.3 Å². The van der Waals surface area contributed by atoms with Crippen LogP contribution in [0.2, 0.25) is 0 Å². The molecule has 1 saturated heterocycles. The van der Waals surface area contributed by atoms with Gasteiger partial charge in [0.05, 0.1) is 38.6 Å². The summed E-state index contributed by atoms with van der Waals surface area (Å²) in [6.45, 7) is 5.43. The fraction of sp³-hybridized carbons (Fsp3) is 0.254. The molecule has 0 bridgehead atoms. The summed E-state index contributed by atoms with van der Waals surface area (Å²) >= 11 is 0. The van der Waals surface area contributed by atoms with E-state index in [1.54, 1.807) is 6.08 Å². The van der Waals surface area contributed by atoms with Gasteiger partial charge in [-0.05, 0) is 69.0 Å². The highest BCUT2D eigenvalue weighted by Gasteiger charge is 2.58. The molecular weight excluding hydrogens is 837 g/mol. The van der Waals surface area contributed by atoms with Crippen molar-refractivity contribution >= 4 is 0 Å². The second-order valence-electron chi connectivity index (χ2n) is 17.2. The third-order valence-electron chi connectivity index (χ3n) is 12.4. The van der Waals surface area contributed by atoms with Gasteiger partial charge in [-0.3, -0.25) is 0 Å². The molecule has 1 unspecified atom stereocenters. The highest BCUT2D eigenvalue weighted by atomic mass is 16.7. The number of hydrogen-bond acceptors (Lipinski definition) is 8. The summed E-state index contributed by atoms with van der Waals surface area (Å²) in [5, 5.41) is 14.0. The molecule has 5 atom stereocenters. The van der Waals surface area contributed by atoms with Crippen molar-refractivity contribution < 1.29 is 38.3 Å². The highest BCUT2D eigenvalue weighted by molar-refractivity contribution is 5.52. The lowest BCUT2D eigenvalue weighted by molar-refractivity contribution is -0.379. The smallest absolute Gasteiger partial charge is 0.226 e. The Hall–Kier alpha value is -6.36. The van der Waals surface area contributed by atoms with Crippen molar-refractivity contribution in [2.24, 2.45) is 0 Å². The summed E-state index contributed by atoms with van der Waals surface area (Å²) in [5.74, 6) is -1.21. The first kappa shape index (κ1) is 45.8. The zero-order valence-electron chi connectivity index (χ0n) is 37.8.